The van der Waals surface area contributed by atoms with Crippen molar-refractivity contribution in [1.82, 2.24) is 10.2 Å². The summed E-state index contributed by atoms with van der Waals surface area (Å²) in [6.45, 7) is 3.29. The zero-order valence-corrected chi connectivity index (χ0v) is 18.4. The van der Waals surface area contributed by atoms with Gasteiger partial charge in [-0.05, 0) is 53.1 Å². The molecule has 1 aliphatic heterocycles. The quantitative estimate of drug-likeness (QED) is 0.598. The molecule has 1 unspecified atom stereocenters. The van der Waals surface area contributed by atoms with Crippen LogP contribution in [0.15, 0.2) is 66.0 Å². The van der Waals surface area contributed by atoms with E-state index in [0.717, 1.165) is 28.8 Å². The summed E-state index contributed by atoms with van der Waals surface area (Å²) in [5, 5.41) is 4.75. The maximum atomic E-state index is 13.3. The highest BCUT2D eigenvalue weighted by atomic mass is 32.1. The van der Waals surface area contributed by atoms with Gasteiger partial charge >= 0.3 is 0 Å². The average molecular weight is 435 g/mol. The number of ether oxygens (including phenoxy) is 1. The molecule has 31 heavy (non-hydrogen) atoms. The van der Waals surface area contributed by atoms with Crippen LogP contribution >= 0.6 is 11.3 Å². The molecular weight excluding hydrogens is 408 g/mol. The summed E-state index contributed by atoms with van der Waals surface area (Å²) in [7, 11) is 0. The minimum Gasteiger partial charge on any atom is -0.484 e. The molecule has 6 heteroatoms. The number of nitrogens with one attached hydrogen (secondary N) is 1. The Kier molecular flexibility index (Phi) is 6.67. The Balaban J connectivity index is 1.64. The molecule has 1 N–H and O–H groups in total. The van der Waals surface area contributed by atoms with E-state index < -0.39 is 0 Å². The largest absolute Gasteiger partial charge is 0.484 e. The third-order valence-electron chi connectivity index (χ3n) is 5.40. The van der Waals surface area contributed by atoms with Gasteiger partial charge in [0.05, 0.1) is 10.9 Å². The predicted octanol–water partition coefficient (Wildman–Crippen LogP) is 4.44. The highest BCUT2D eigenvalue weighted by Gasteiger charge is 2.33. The van der Waals surface area contributed by atoms with E-state index in [4.69, 9.17) is 4.74 Å². The number of rotatable bonds is 7. The first kappa shape index (κ1) is 21.1. The Morgan fingerprint density at radius 1 is 1.13 bits per heavy atom. The molecule has 1 aliphatic rings. The maximum Gasteiger partial charge on any atom is 0.264 e. The second kappa shape index (κ2) is 9.79. The lowest BCUT2D eigenvalue weighted by atomic mass is 9.88. The third-order valence-corrected chi connectivity index (χ3v) is 6.25. The fraction of sp³-hybridized carbons (Fsp3) is 0.280. The van der Waals surface area contributed by atoms with E-state index in [1.165, 1.54) is 16.9 Å². The van der Waals surface area contributed by atoms with Gasteiger partial charge < -0.3 is 15.0 Å². The normalized spacial score (nSPS) is 15.3. The van der Waals surface area contributed by atoms with Gasteiger partial charge in [-0.25, -0.2) is 0 Å². The molecule has 2 amide bonds. The van der Waals surface area contributed by atoms with Crippen molar-refractivity contribution in [2.45, 2.75) is 25.8 Å². The number of hydrogen-bond donors (Lipinski definition) is 1. The SMILES string of the molecule is CCCNC(=O)COc1ccc2c(c1)C(c1ccccc1)N(C(=O)c1cccs1)CC2. The number of fused-ring (bicyclic) bond motifs is 1. The van der Waals surface area contributed by atoms with Crippen molar-refractivity contribution in [3.63, 3.8) is 0 Å². The van der Waals surface area contributed by atoms with Gasteiger partial charge in [0.25, 0.3) is 11.8 Å². The molecule has 1 atom stereocenters. The second-order valence-corrected chi connectivity index (χ2v) is 8.49. The van der Waals surface area contributed by atoms with Crippen LogP contribution in [0.3, 0.4) is 0 Å². The number of amides is 2. The Bertz CT molecular complexity index is 1030. The van der Waals surface area contributed by atoms with Gasteiger partial charge in [0, 0.05) is 13.1 Å². The Labute approximate surface area is 186 Å². The highest BCUT2D eigenvalue weighted by Crippen LogP contribution is 2.38. The predicted molar refractivity (Wildman–Crippen MR) is 123 cm³/mol. The highest BCUT2D eigenvalue weighted by molar-refractivity contribution is 7.12. The van der Waals surface area contributed by atoms with Gasteiger partial charge in [0.15, 0.2) is 6.61 Å². The number of hydrogen-bond acceptors (Lipinski definition) is 4. The molecule has 0 spiro atoms. The molecule has 2 heterocycles. The van der Waals surface area contributed by atoms with Crippen molar-refractivity contribution in [1.29, 1.82) is 0 Å². The lowest BCUT2D eigenvalue weighted by Crippen LogP contribution is -2.40. The lowest BCUT2D eigenvalue weighted by Gasteiger charge is -2.37. The zero-order valence-electron chi connectivity index (χ0n) is 17.5. The number of carbonyl (C=O) groups excluding carboxylic acids is 2. The van der Waals surface area contributed by atoms with E-state index in [2.05, 4.69) is 23.5 Å². The van der Waals surface area contributed by atoms with Crippen molar-refractivity contribution in [2.24, 2.45) is 0 Å². The van der Waals surface area contributed by atoms with Crippen molar-refractivity contribution in [3.8, 4) is 5.75 Å². The molecule has 5 nitrogen and oxygen atoms in total. The van der Waals surface area contributed by atoms with Crippen LogP contribution in [-0.2, 0) is 11.2 Å². The van der Waals surface area contributed by atoms with Gasteiger partial charge in [0.1, 0.15) is 5.75 Å². The van der Waals surface area contributed by atoms with Crippen molar-refractivity contribution in [2.75, 3.05) is 19.7 Å². The van der Waals surface area contributed by atoms with E-state index in [0.29, 0.717) is 18.8 Å². The molecule has 1 aromatic heterocycles. The summed E-state index contributed by atoms with van der Waals surface area (Å²) in [6.07, 6.45) is 1.67. The monoisotopic (exact) mass is 434 g/mol. The molecule has 0 bridgehead atoms. The van der Waals surface area contributed by atoms with Crippen LogP contribution in [0.2, 0.25) is 0 Å². The molecule has 3 aromatic rings. The number of thiophene rings is 1. The minimum absolute atomic E-state index is 0.0212. The van der Waals surface area contributed by atoms with E-state index in [1.807, 2.05) is 59.7 Å². The second-order valence-electron chi connectivity index (χ2n) is 7.54. The molecule has 0 aliphatic carbocycles. The third kappa shape index (κ3) is 4.80. The molecule has 0 radical (unpaired) electrons. The summed E-state index contributed by atoms with van der Waals surface area (Å²) < 4.78 is 5.77. The molecule has 0 fully saturated rings. The first-order chi connectivity index (χ1) is 15.2. The zero-order chi connectivity index (χ0) is 21.6. The van der Waals surface area contributed by atoms with Crippen LogP contribution in [0.1, 0.15) is 45.7 Å². The van der Waals surface area contributed by atoms with Gasteiger partial charge in [-0.2, -0.15) is 0 Å². The Morgan fingerprint density at radius 2 is 1.97 bits per heavy atom. The van der Waals surface area contributed by atoms with Crippen LogP contribution < -0.4 is 10.1 Å². The van der Waals surface area contributed by atoms with Gasteiger partial charge in [0.2, 0.25) is 0 Å². The average Bonchev–Trinajstić information content (AvgIpc) is 3.35. The van der Waals surface area contributed by atoms with Crippen molar-refractivity contribution < 1.29 is 14.3 Å². The molecular formula is C25H26N2O3S. The van der Waals surface area contributed by atoms with Crippen molar-refractivity contribution >= 4 is 23.2 Å². The number of nitrogens with zero attached hydrogens (tertiary/aromatic N) is 1. The standard InChI is InChI=1S/C25H26N2O3S/c1-2-13-26-23(28)17-30-20-11-10-18-12-14-27(25(29)22-9-6-15-31-22)24(21(18)16-20)19-7-4-3-5-8-19/h3-11,15-16,24H,2,12-14,17H2,1H3,(H,26,28). The summed E-state index contributed by atoms with van der Waals surface area (Å²) in [4.78, 5) is 27.9. The molecule has 0 saturated heterocycles. The number of benzene rings is 2. The Morgan fingerprint density at radius 3 is 2.71 bits per heavy atom. The van der Waals surface area contributed by atoms with Crippen LogP contribution in [0.4, 0.5) is 0 Å². The van der Waals surface area contributed by atoms with Gasteiger partial charge in [-0.3, -0.25) is 9.59 Å². The van der Waals surface area contributed by atoms with Crippen LogP contribution in [-0.4, -0.2) is 36.4 Å². The van der Waals surface area contributed by atoms with Gasteiger partial charge in [-0.15, -0.1) is 11.3 Å². The van der Waals surface area contributed by atoms with Crippen LogP contribution in [0.25, 0.3) is 0 Å². The van der Waals surface area contributed by atoms with E-state index >= 15 is 0 Å². The van der Waals surface area contributed by atoms with Crippen LogP contribution in [0.5, 0.6) is 5.75 Å². The van der Waals surface area contributed by atoms with Crippen LogP contribution in [0, 0.1) is 0 Å². The van der Waals surface area contributed by atoms with E-state index in [9.17, 15) is 9.59 Å². The summed E-state index contributed by atoms with van der Waals surface area (Å²) >= 11 is 1.46. The minimum atomic E-state index is -0.197. The molecule has 2 aromatic carbocycles. The first-order valence-electron chi connectivity index (χ1n) is 10.6. The topological polar surface area (TPSA) is 58.6 Å². The Hall–Kier alpha value is -3.12. The lowest BCUT2D eigenvalue weighted by molar-refractivity contribution is -0.123. The fourth-order valence-corrected chi connectivity index (χ4v) is 4.58. The molecule has 4 rings (SSSR count). The fourth-order valence-electron chi connectivity index (χ4n) is 3.90. The van der Waals surface area contributed by atoms with E-state index in [1.54, 1.807) is 0 Å². The van der Waals surface area contributed by atoms with Gasteiger partial charge in [-0.1, -0.05) is 49.4 Å². The first-order valence-corrected chi connectivity index (χ1v) is 11.5. The summed E-state index contributed by atoms with van der Waals surface area (Å²) in [6, 6.07) is 19.6. The molecule has 0 saturated carbocycles. The smallest absolute Gasteiger partial charge is 0.264 e. The van der Waals surface area contributed by atoms with Crippen molar-refractivity contribution in [3.05, 3.63) is 87.6 Å². The van der Waals surface area contributed by atoms with E-state index in [-0.39, 0.29) is 24.5 Å². The molecule has 160 valence electrons. The number of carbonyl (C=O) groups is 2. The maximum absolute atomic E-state index is 13.3. The summed E-state index contributed by atoms with van der Waals surface area (Å²) in [5.41, 5.74) is 3.31. The summed E-state index contributed by atoms with van der Waals surface area (Å²) in [5.74, 6) is 0.546.